The molecule has 5 heteroatoms. The molecule has 2 N–H and O–H groups in total. The van der Waals surface area contributed by atoms with Crippen molar-refractivity contribution in [2.45, 2.75) is 0 Å². The van der Waals surface area contributed by atoms with E-state index < -0.39 is 0 Å². The molecule has 0 saturated carbocycles. The van der Waals surface area contributed by atoms with Gasteiger partial charge >= 0.3 is 0 Å². The van der Waals surface area contributed by atoms with E-state index in [1.807, 2.05) is 34.9 Å². The number of benzene rings is 1. The summed E-state index contributed by atoms with van der Waals surface area (Å²) in [6.07, 6.45) is 1.86. The first-order valence-corrected chi connectivity index (χ1v) is 6.05. The lowest BCUT2D eigenvalue weighted by Gasteiger charge is -2.04. The van der Waals surface area contributed by atoms with Crippen molar-refractivity contribution in [2.24, 2.45) is 0 Å². The largest absolute Gasteiger partial charge is 0.495 e. The monoisotopic (exact) mass is 264 g/mol. The third kappa shape index (κ3) is 1.75. The fraction of sp³-hybridized carbons (Fsp3) is 0.0667. The number of hydrogen-bond acceptors (Lipinski definition) is 4. The topological polar surface area (TPSA) is 76.3 Å². The van der Waals surface area contributed by atoms with Crippen LogP contribution in [0.4, 0.5) is 5.82 Å². The number of anilines is 1. The summed E-state index contributed by atoms with van der Waals surface area (Å²) >= 11 is 0. The van der Waals surface area contributed by atoms with E-state index in [0.29, 0.717) is 22.8 Å². The number of ether oxygens (including phenoxy) is 1. The summed E-state index contributed by atoms with van der Waals surface area (Å²) in [5.74, 6) is 1.09. The number of methoxy groups -OCH3 is 1. The Balaban J connectivity index is 2.21. The summed E-state index contributed by atoms with van der Waals surface area (Å²) in [5, 5.41) is 9.14. The first kappa shape index (κ1) is 12.1. The highest BCUT2D eigenvalue weighted by molar-refractivity contribution is 5.76. The van der Waals surface area contributed by atoms with Crippen molar-refractivity contribution in [1.82, 2.24) is 9.38 Å². The highest BCUT2D eigenvalue weighted by Crippen LogP contribution is 2.29. The number of fused-ring (bicyclic) bond motifs is 1. The molecule has 0 bridgehead atoms. The van der Waals surface area contributed by atoms with E-state index in [1.54, 1.807) is 12.1 Å². The summed E-state index contributed by atoms with van der Waals surface area (Å²) in [4.78, 5) is 4.50. The van der Waals surface area contributed by atoms with E-state index in [2.05, 4.69) is 11.1 Å². The van der Waals surface area contributed by atoms with Crippen LogP contribution in [0.3, 0.4) is 0 Å². The second-order valence-corrected chi connectivity index (χ2v) is 4.30. The lowest BCUT2D eigenvalue weighted by atomic mass is 10.1. The van der Waals surface area contributed by atoms with Gasteiger partial charge in [0.15, 0.2) is 0 Å². The van der Waals surface area contributed by atoms with Gasteiger partial charge in [-0.05, 0) is 30.3 Å². The quantitative estimate of drug-likeness (QED) is 0.771. The van der Waals surface area contributed by atoms with Gasteiger partial charge in [-0.15, -0.1) is 0 Å². The van der Waals surface area contributed by atoms with Gasteiger partial charge in [0.05, 0.1) is 12.7 Å². The molecule has 2 aromatic heterocycles. The molecule has 5 nitrogen and oxygen atoms in total. The van der Waals surface area contributed by atoms with Crippen LogP contribution in [-0.2, 0) is 0 Å². The molecule has 0 aliphatic carbocycles. The number of nitrogens with zero attached hydrogens (tertiary/aromatic N) is 3. The average Bonchev–Trinajstić information content (AvgIpc) is 2.84. The van der Waals surface area contributed by atoms with E-state index in [0.717, 1.165) is 11.2 Å². The molecule has 0 unspecified atom stereocenters. The van der Waals surface area contributed by atoms with Crippen LogP contribution in [0.15, 0.2) is 42.6 Å². The predicted octanol–water partition coefficient (Wildman–Crippen LogP) is 2.46. The number of pyridine rings is 1. The van der Waals surface area contributed by atoms with Crippen LogP contribution >= 0.6 is 0 Å². The molecule has 20 heavy (non-hydrogen) atoms. The number of nitrogens with two attached hydrogens (primary N) is 1. The second-order valence-electron chi connectivity index (χ2n) is 4.30. The Morgan fingerprint density at radius 1 is 1.30 bits per heavy atom. The molecular formula is C15H12N4O. The van der Waals surface area contributed by atoms with Gasteiger partial charge < -0.3 is 10.5 Å². The first-order chi connectivity index (χ1) is 9.74. The van der Waals surface area contributed by atoms with Crippen molar-refractivity contribution in [2.75, 3.05) is 12.8 Å². The number of rotatable bonds is 2. The molecule has 3 rings (SSSR count). The summed E-state index contributed by atoms with van der Waals surface area (Å²) in [5.41, 5.74) is 8.81. The molecule has 0 radical (unpaired) electrons. The van der Waals surface area contributed by atoms with Crippen LogP contribution < -0.4 is 10.5 Å². The van der Waals surface area contributed by atoms with E-state index in [9.17, 15) is 0 Å². The van der Waals surface area contributed by atoms with E-state index in [1.165, 1.54) is 7.11 Å². The van der Waals surface area contributed by atoms with Crippen LogP contribution in [0.1, 0.15) is 5.56 Å². The van der Waals surface area contributed by atoms with Crippen molar-refractivity contribution >= 4 is 11.5 Å². The number of aromatic nitrogens is 2. The fourth-order valence-electron chi connectivity index (χ4n) is 2.17. The Morgan fingerprint density at radius 3 is 2.85 bits per heavy atom. The Hall–Kier alpha value is -3.00. The van der Waals surface area contributed by atoms with Crippen LogP contribution in [0.5, 0.6) is 5.75 Å². The zero-order valence-corrected chi connectivity index (χ0v) is 10.9. The molecule has 0 fully saturated rings. The second kappa shape index (κ2) is 4.59. The van der Waals surface area contributed by atoms with Crippen LogP contribution in [0, 0.1) is 11.3 Å². The molecule has 3 aromatic rings. The number of nitrogen functional groups attached to an aromatic ring is 1. The van der Waals surface area contributed by atoms with Crippen molar-refractivity contribution in [3.63, 3.8) is 0 Å². The highest BCUT2D eigenvalue weighted by Gasteiger charge is 2.13. The minimum absolute atomic E-state index is 0.460. The van der Waals surface area contributed by atoms with Crippen molar-refractivity contribution < 1.29 is 4.74 Å². The molecule has 98 valence electrons. The standard InChI is InChI=1S/C15H12N4O/c1-20-12-6-5-10(8-11(12)9-16)14-15(17)19-7-3-2-4-13(19)18-14/h2-8H,17H2,1H3. The van der Waals surface area contributed by atoms with E-state index in [-0.39, 0.29) is 0 Å². The minimum atomic E-state index is 0.460. The molecule has 0 saturated heterocycles. The Morgan fingerprint density at radius 2 is 2.15 bits per heavy atom. The van der Waals surface area contributed by atoms with Gasteiger partial charge in [0, 0.05) is 11.8 Å². The normalized spacial score (nSPS) is 10.4. The smallest absolute Gasteiger partial charge is 0.139 e. The van der Waals surface area contributed by atoms with E-state index in [4.69, 9.17) is 15.7 Å². The lowest BCUT2D eigenvalue weighted by molar-refractivity contribution is 0.413. The Bertz CT molecular complexity index is 829. The molecular weight excluding hydrogens is 252 g/mol. The molecule has 0 atom stereocenters. The lowest BCUT2D eigenvalue weighted by Crippen LogP contribution is -1.94. The highest BCUT2D eigenvalue weighted by atomic mass is 16.5. The average molecular weight is 264 g/mol. The van der Waals surface area contributed by atoms with Gasteiger partial charge in [0.1, 0.15) is 29.0 Å². The minimum Gasteiger partial charge on any atom is -0.495 e. The maximum atomic E-state index is 9.14. The third-order valence-corrected chi connectivity index (χ3v) is 3.16. The van der Waals surface area contributed by atoms with E-state index >= 15 is 0 Å². The summed E-state index contributed by atoms with van der Waals surface area (Å²) in [6.45, 7) is 0. The fourth-order valence-corrected chi connectivity index (χ4v) is 2.17. The predicted molar refractivity (Wildman–Crippen MR) is 76.3 cm³/mol. The van der Waals surface area contributed by atoms with Gasteiger partial charge in [-0.2, -0.15) is 5.26 Å². The molecule has 0 aliphatic rings. The first-order valence-electron chi connectivity index (χ1n) is 6.05. The number of hydrogen-bond donors (Lipinski definition) is 1. The SMILES string of the molecule is COc1ccc(-c2nc3ccccn3c2N)cc1C#N. The Labute approximate surface area is 115 Å². The number of imidazole rings is 1. The molecule has 0 spiro atoms. The maximum absolute atomic E-state index is 9.14. The zero-order valence-electron chi connectivity index (χ0n) is 10.9. The van der Waals surface area contributed by atoms with Gasteiger partial charge in [0.2, 0.25) is 0 Å². The zero-order chi connectivity index (χ0) is 14.1. The number of nitriles is 1. The van der Waals surface area contributed by atoms with Crippen molar-refractivity contribution in [3.8, 4) is 23.1 Å². The maximum Gasteiger partial charge on any atom is 0.139 e. The van der Waals surface area contributed by atoms with Crippen LogP contribution in [0.2, 0.25) is 0 Å². The molecule has 1 aromatic carbocycles. The summed E-state index contributed by atoms with van der Waals surface area (Å²) in [6, 6.07) is 13.1. The Kier molecular flexibility index (Phi) is 2.77. The van der Waals surface area contributed by atoms with Gasteiger partial charge in [-0.3, -0.25) is 4.40 Å². The van der Waals surface area contributed by atoms with Crippen molar-refractivity contribution in [3.05, 3.63) is 48.2 Å². The summed E-state index contributed by atoms with van der Waals surface area (Å²) in [7, 11) is 1.54. The van der Waals surface area contributed by atoms with Gasteiger partial charge in [-0.25, -0.2) is 4.98 Å². The van der Waals surface area contributed by atoms with Gasteiger partial charge in [0.25, 0.3) is 0 Å². The molecule has 0 aliphatic heterocycles. The van der Waals surface area contributed by atoms with Crippen molar-refractivity contribution in [1.29, 1.82) is 5.26 Å². The van der Waals surface area contributed by atoms with Crippen LogP contribution in [0.25, 0.3) is 16.9 Å². The third-order valence-electron chi connectivity index (χ3n) is 3.16. The van der Waals surface area contributed by atoms with Crippen LogP contribution in [-0.4, -0.2) is 16.5 Å². The van der Waals surface area contributed by atoms with Gasteiger partial charge in [-0.1, -0.05) is 6.07 Å². The molecule has 0 amide bonds. The molecule has 2 heterocycles. The summed E-state index contributed by atoms with van der Waals surface area (Å²) < 4.78 is 6.95.